The maximum Gasteiger partial charge on any atom is 0.402 e. The lowest BCUT2D eigenvalue weighted by molar-refractivity contribution is -0.136. The van der Waals surface area contributed by atoms with Gasteiger partial charge in [0.15, 0.2) is 0 Å². The van der Waals surface area contributed by atoms with Crippen molar-refractivity contribution in [2.24, 2.45) is 5.92 Å². The third kappa shape index (κ3) is 5.72. The van der Waals surface area contributed by atoms with E-state index in [2.05, 4.69) is 5.32 Å². The Bertz CT molecular complexity index is 414. The summed E-state index contributed by atoms with van der Waals surface area (Å²) in [5.41, 5.74) is 0. The third-order valence-corrected chi connectivity index (χ3v) is 5.55. The van der Waals surface area contributed by atoms with Gasteiger partial charge >= 0.3 is 6.18 Å². The van der Waals surface area contributed by atoms with Crippen LogP contribution >= 0.6 is 0 Å². The summed E-state index contributed by atoms with van der Waals surface area (Å²) in [6, 6.07) is 0. The Labute approximate surface area is 124 Å². The van der Waals surface area contributed by atoms with Crippen LogP contribution in [0.15, 0.2) is 0 Å². The largest absolute Gasteiger partial charge is 0.402 e. The van der Waals surface area contributed by atoms with Gasteiger partial charge in [-0.3, -0.25) is 0 Å². The van der Waals surface area contributed by atoms with Gasteiger partial charge in [-0.05, 0) is 31.8 Å². The second kappa shape index (κ2) is 7.75. The van der Waals surface area contributed by atoms with Crippen molar-refractivity contribution in [3.05, 3.63) is 0 Å². The van der Waals surface area contributed by atoms with Gasteiger partial charge < -0.3 is 5.32 Å². The van der Waals surface area contributed by atoms with Crippen LogP contribution in [0.25, 0.3) is 0 Å². The zero-order valence-electron chi connectivity index (χ0n) is 12.5. The van der Waals surface area contributed by atoms with Crippen LogP contribution in [-0.2, 0) is 10.2 Å². The van der Waals surface area contributed by atoms with E-state index in [4.69, 9.17) is 0 Å². The SMILES string of the molecule is CCNCC1CCCN(S(=O)(=O)N(CC)CC(F)(F)F)C1. The van der Waals surface area contributed by atoms with E-state index in [0.717, 1.165) is 13.0 Å². The molecule has 21 heavy (non-hydrogen) atoms. The smallest absolute Gasteiger partial charge is 0.317 e. The van der Waals surface area contributed by atoms with Crippen molar-refractivity contribution >= 4 is 10.2 Å². The van der Waals surface area contributed by atoms with Gasteiger partial charge in [-0.1, -0.05) is 13.8 Å². The summed E-state index contributed by atoms with van der Waals surface area (Å²) in [5, 5.41) is 3.16. The molecule has 1 N–H and O–H groups in total. The highest BCUT2D eigenvalue weighted by atomic mass is 32.2. The molecule has 1 saturated heterocycles. The minimum Gasteiger partial charge on any atom is -0.317 e. The topological polar surface area (TPSA) is 52.7 Å². The molecule has 1 unspecified atom stereocenters. The third-order valence-electron chi connectivity index (χ3n) is 3.53. The zero-order valence-corrected chi connectivity index (χ0v) is 13.3. The van der Waals surface area contributed by atoms with Gasteiger partial charge in [0.1, 0.15) is 6.54 Å². The Morgan fingerprint density at radius 2 is 2.00 bits per heavy atom. The van der Waals surface area contributed by atoms with Crippen molar-refractivity contribution in [2.75, 3.05) is 39.3 Å². The molecular formula is C12H24F3N3O2S. The van der Waals surface area contributed by atoms with E-state index in [1.807, 2.05) is 6.92 Å². The maximum atomic E-state index is 12.5. The van der Waals surface area contributed by atoms with Crippen LogP contribution in [0.2, 0.25) is 0 Å². The van der Waals surface area contributed by atoms with Crippen LogP contribution in [0.5, 0.6) is 0 Å². The predicted octanol–water partition coefficient (Wildman–Crippen LogP) is 1.44. The van der Waals surface area contributed by atoms with E-state index >= 15 is 0 Å². The molecule has 5 nitrogen and oxygen atoms in total. The Morgan fingerprint density at radius 3 is 2.52 bits per heavy atom. The minimum absolute atomic E-state index is 0.151. The second-order valence-corrected chi connectivity index (χ2v) is 7.15. The summed E-state index contributed by atoms with van der Waals surface area (Å²) in [4.78, 5) is 0. The molecule has 0 bridgehead atoms. The van der Waals surface area contributed by atoms with Crippen molar-refractivity contribution in [3.63, 3.8) is 0 Å². The van der Waals surface area contributed by atoms with Gasteiger partial charge in [0, 0.05) is 19.6 Å². The Balaban J connectivity index is 2.75. The molecular weight excluding hydrogens is 307 g/mol. The van der Waals surface area contributed by atoms with Crippen LogP contribution in [-0.4, -0.2) is 62.5 Å². The van der Waals surface area contributed by atoms with Crippen molar-refractivity contribution in [1.29, 1.82) is 0 Å². The normalized spacial score (nSPS) is 21.9. The molecule has 0 aromatic carbocycles. The Morgan fingerprint density at radius 1 is 1.33 bits per heavy atom. The molecule has 0 amide bonds. The fourth-order valence-electron chi connectivity index (χ4n) is 2.47. The highest BCUT2D eigenvalue weighted by Gasteiger charge is 2.39. The first-order valence-corrected chi connectivity index (χ1v) is 8.63. The molecule has 1 aliphatic rings. The fraction of sp³-hybridized carbons (Fsp3) is 1.00. The maximum absolute atomic E-state index is 12.5. The standard InChI is InChI=1S/C12H24F3N3O2S/c1-3-16-8-11-6-5-7-18(9-11)21(19,20)17(4-2)10-12(13,14)15/h11,16H,3-10H2,1-2H3. The van der Waals surface area contributed by atoms with E-state index in [-0.39, 0.29) is 19.0 Å². The summed E-state index contributed by atoms with van der Waals surface area (Å²) in [7, 11) is -4.05. The van der Waals surface area contributed by atoms with Crippen LogP contribution in [0.4, 0.5) is 13.2 Å². The number of piperidine rings is 1. The lowest BCUT2D eigenvalue weighted by atomic mass is 10.00. The number of hydrogen-bond acceptors (Lipinski definition) is 3. The molecule has 126 valence electrons. The molecule has 1 rings (SSSR count). The van der Waals surface area contributed by atoms with Crippen LogP contribution < -0.4 is 5.32 Å². The molecule has 9 heteroatoms. The van der Waals surface area contributed by atoms with Gasteiger partial charge in [0.2, 0.25) is 0 Å². The van der Waals surface area contributed by atoms with Gasteiger partial charge in [-0.15, -0.1) is 0 Å². The average molecular weight is 331 g/mol. The number of halogens is 3. The average Bonchev–Trinajstić information content (AvgIpc) is 2.41. The highest BCUT2D eigenvalue weighted by molar-refractivity contribution is 7.86. The van der Waals surface area contributed by atoms with Gasteiger partial charge in [-0.25, -0.2) is 0 Å². The van der Waals surface area contributed by atoms with Crippen molar-refractivity contribution in [1.82, 2.24) is 13.9 Å². The van der Waals surface area contributed by atoms with E-state index in [9.17, 15) is 21.6 Å². The van der Waals surface area contributed by atoms with Crippen molar-refractivity contribution in [3.8, 4) is 0 Å². The summed E-state index contributed by atoms with van der Waals surface area (Å²) < 4.78 is 63.9. The van der Waals surface area contributed by atoms with Gasteiger partial charge in [0.25, 0.3) is 10.2 Å². The lowest BCUT2D eigenvalue weighted by Gasteiger charge is -2.35. The first-order chi connectivity index (χ1) is 9.70. The number of nitrogens with one attached hydrogen (secondary N) is 1. The Kier molecular flexibility index (Phi) is 6.89. The number of hydrogen-bond donors (Lipinski definition) is 1. The molecule has 0 radical (unpaired) electrons. The fourth-order valence-corrected chi connectivity index (χ4v) is 4.19. The molecule has 0 saturated carbocycles. The molecule has 0 aromatic heterocycles. The van der Waals surface area contributed by atoms with Crippen LogP contribution in [0.3, 0.4) is 0 Å². The van der Waals surface area contributed by atoms with Crippen molar-refractivity contribution in [2.45, 2.75) is 32.9 Å². The predicted molar refractivity (Wildman–Crippen MR) is 75.1 cm³/mol. The first kappa shape index (κ1) is 18.7. The monoisotopic (exact) mass is 331 g/mol. The summed E-state index contributed by atoms with van der Waals surface area (Å²) in [5.74, 6) is 0.151. The molecule has 0 spiro atoms. The number of rotatable bonds is 7. The molecule has 1 aliphatic heterocycles. The number of nitrogens with zero attached hydrogens (tertiary/aromatic N) is 2. The van der Waals surface area contributed by atoms with Crippen molar-refractivity contribution < 1.29 is 21.6 Å². The van der Waals surface area contributed by atoms with Crippen LogP contribution in [0, 0.1) is 5.92 Å². The minimum atomic E-state index is -4.53. The summed E-state index contributed by atoms with van der Waals surface area (Å²) >= 11 is 0. The molecule has 1 fully saturated rings. The highest BCUT2D eigenvalue weighted by Crippen LogP contribution is 2.24. The van der Waals surface area contributed by atoms with E-state index in [1.54, 1.807) is 0 Å². The quantitative estimate of drug-likeness (QED) is 0.768. The summed E-state index contributed by atoms with van der Waals surface area (Å²) in [6.45, 7) is 3.81. The van der Waals surface area contributed by atoms with E-state index in [1.165, 1.54) is 11.2 Å². The molecule has 0 aliphatic carbocycles. The summed E-state index contributed by atoms with van der Waals surface area (Å²) in [6.07, 6.45) is -2.95. The van der Waals surface area contributed by atoms with Gasteiger partial charge in [-0.2, -0.15) is 30.2 Å². The van der Waals surface area contributed by atoms with E-state index in [0.29, 0.717) is 23.8 Å². The van der Waals surface area contributed by atoms with Gasteiger partial charge in [0.05, 0.1) is 0 Å². The number of alkyl halides is 3. The zero-order chi connectivity index (χ0) is 16.1. The Hall–Kier alpha value is -0.380. The van der Waals surface area contributed by atoms with E-state index < -0.39 is 22.9 Å². The first-order valence-electron chi connectivity index (χ1n) is 7.23. The van der Waals surface area contributed by atoms with Crippen LogP contribution in [0.1, 0.15) is 26.7 Å². The second-order valence-electron chi connectivity index (χ2n) is 5.22. The molecule has 0 aromatic rings. The molecule has 1 heterocycles. The lowest BCUT2D eigenvalue weighted by Crippen LogP contribution is -2.51. The molecule has 1 atom stereocenters.